The normalized spacial score (nSPS) is 13.5. The molecule has 1 aliphatic heterocycles. The Morgan fingerprint density at radius 2 is 1.96 bits per heavy atom. The van der Waals surface area contributed by atoms with E-state index in [0.29, 0.717) is 30.0 Å². The Hall–Kier alpha value is -3.61. The third-order valence-corrected chi connectivity index (χ3v) is 4.52. The van der Waals surface area contributed by atoms with Crippen LogP contribution in [0.4, 0.5) is 17.2 Å². The maximum Gasteiger partial charge on any atom is 0.256 e. The van der Waals surface area contributed by atoms with Crippen molar-refractivity contribution >= 4 is 29.0 Å². The standard InChI is InChI=1S/C20H19N5O2/c1-25-10-9-19(26)21-16-11-14(7-8-17(16)25)20(27)22-18-12-15(23-24-18)13-5-3-2-4-6-13/h2-8,11-12H,9-10H2,1H3,(H,21,26)(H2,22,23,24,27). The summed E-state index contributed by atoms with van der Waals surface area (Å²) >= 11 is 0. The molecular weight excluding hydrogens is 342 g/mol. The van der Waals surface area contributed by atoms with Crippen LogP contribution in [0, 0.1) is 0 Å². The van der Waals surface area contributed by atoms with Gasteiger partial charge < -0.3 is 15.5 Å². The molecule has 7 heteroatoms. The van der Waals surface area contributed by atoms with Crippen LogP contribution in [-0.4, -0.2) is 35.6 Å². The number of hydrogen-bond donors (Lipinski definition) is 3. The Kier molecular flexibility index (Phi) is 4.33. The number of aromatic amines is 1. The summed E-state index contributed by atoms with van der Waals surface area (Å²) in [6, 6.07) is 16.8. The van der Waals surface area contributed by atoms with Crippen molar-refractivity contribution in [1.82, 2.24) is 10.2 Å². The smallest absolute Gasteiger partial charge is 0.256 e. The molecule has 0 fully saturated rings. The molecule has 7 nitrogen and oxygen atoms in total. The number of nitrogens with one attached hydrogen (secondary N) is 3. The quantitative estimate of drug-likeness (QED) is 0.669. The Morgan fingerprint density at radius 1 is 1.15 bits per heavy atom. The highest BCUT2D eigenvalue weighted by atomic mass is 16.2. The van der Waals surface area contributed by atoms with E-state index in [-0.39, 0.29) is 11.8 Å². The van der Waals surface area contributed by atoms with Crippen molar-refractivity contribution < 1.29 is 9.59 Å². The van der Waals surface area contributed by atoms with Gasteiger partial charge in [-0.25, -0.2) is 0 Å². The van der Waals surface area contributed by atoms with Crippen LogP contribution in [0.15, 0.2) is 54.6 Å². The van der Waals surface area contributed by atoms with Gasteiger partial charge in [-0.05, 0) is 23.8 Å². The van der Waals surface area contributed by atoms with Gasteiger partial charge in [0.05, 0.1) is 17.1 Å². The number of carbonyl (C=O) groups is 2. The number of fused-ring (bicyclic) bond motifs is 1. The number of benzene rings is 2. The lowest BCUT2D eigenvalue weighted by atomic mass is 10.1. The summed E-state index contributed by atoms with van der Waals surface area (Å²) in [7, 11) is 1.92. The molecule has 0 saturated heterocycles. The first-order valence-electron chi connectivity index (χ1n) is 8.67. The second-order valence-corrected chi connectivity index (χ2v) is 6.44. The number of nitrogens with zero attached hydrogens (tertiary/aromatic N) is 2. The average molecular weight is 361 g/mol. The molecule has 3 N–H and O–H groups in total. The van der Waals surface area contributed by atoms with E-state index in [1.165, 1.54) is 0 Å². The molecule has 2 heterocycles. The number of hydrogen-bond acceptors (Lipinski definition) is 4. The molecule has 0 atom stereocenters. The van der Waals surface area contributed by atoms with Gasteiger partial charge in [0.1, 0.15) is 0 Å². The zero-order chi connectivity index (χ0) is 18.8. The van der Waals surface area contributed by atoms with Crippen LogP contribution in [0.3, 0.4) is 0 Å². The second-order valence-electron chi connectivity index (χ2n) is 6.44. The molecule has 1 aliphatic rings. The van der Waals surface area contributed by atoms with Crippen LogP contribution in [0.25, 0.3) is 11.3 Å². The van der Waals surface area contributed by atoms with Crippen molar-refractivity contribution in [3.63, 3.8) is 0 Å². The zero-order valence-electron chi connectivity index (χ0n) is 14.8. The van der Waals surface area contributed by atoms with Gasteiger partial charge in [-0.15, -0.1) is 0 Å². The van der Waals surface area contributed by atoms with E-state index in [9.17, 15) is 9.59 Å². The van der Waals surface area contributed by atoms with Crippen LogP contribution in [0.2, 0.25) is 0 Å². The minimum absolute atomic E-state index is 0.0574. The van der Waals surface area contributed by atoms with E-state index in [4.69, 9.17) is 0 Å². The van der Waals surface area contributed by atoms with E-state index < -0.39 is 0 Å². The molecule has 27 heavy (non-hydrogen) atoms. The van der Waals surface area contributed by atoms with E-state index in [2.05, 4.69) is 20.8 Å². The first-order valence-corrected chi connectivity index (χ1v) is 8.67. The average Bonchev–Trinajstić information content (AvgIpc) is 3.09. The minimum Gasteiger partial charge on any atom is -0.372 e. The summed E-state index contributed by atoms with van der Waals surface area (Å²) in [5, 5.41) is 12.7. The number of carbonyl (C=O) groups excluding carboxylic acids is 2. The number of anilines is 3. The molecule has 0 unspecified atom stereocenters. The predicted molar refractivity (Wildman–Crippen MR) is 105 cm³/mol. The highest BCUT2D eigenvalue weighted by Gasteiger charge is 2.18. The van der Waals surface area contributed by atoms with Gasteiger partial charge in [-0.1, -0.05) is 30.3 Å². The second kappa shape index (κ2) is 6.95. The molecular formula is C20H19N5O2. The molecule has 2 amide bonds. The molecule has 1 aromatic heterocycles. The lowest BCUT2D eigenvalue weighted by molar-refractivity contribution is -0.115. The largest absolute Gasteiger partial charge is 0.372 e. The first-order chi connectivity index (χ1) is 13.1. The third kappa shape index (κ3) is 3.52. The SMILES string of the molecule is CN1CCC(=O)Nc2cc(C(=O)Nc3cc(-c4ccccc4)[nH]n3)ccc21. The molecule has 0 bridgehead atoms. The van der Waals surface area contributed by atoms with Gasteiger partial charge >= 0.3 is 0 Å². The van der Waals surface area contributed by atoms with Gasteiger partial charge in [-0.3, -0.25) is 14.7 Å². The Bertz CT molecular complexity index is 997. The van der Waals surface area contributed by atoms with Gasteiger partial charge in [0.25, 0.3) is 5.91 Å². The van der Waals surface area contributed by atoms with Crippen LogP contribution in [0.5, 0.6) is 0 Å². The highest BCUT2D eigenvalue weighted by Crippen LogP contribution is 2.29. The molecule has 0 spiro atoms. The highest BCUT2D eigenvalue weighted by molar-refractivity contribution is 6.06. The van der Waals surface area contributed by atoms with E-state index >= 15 is 0 Å². The van der Waals surface area contributed by atoms with Gasteiger partial charge in [0.2, 0.25) is 5.91 Å². The Labute approximate surface area is 156 Å². The van der Waals surface area contributed by atoms with Gasteiger partial charge in [0, 0.05) is 31.6 Å². The lowest BCUT2D eigenvalue weighted by Crippen LogP contribution is -2.18. The van der Waals surface area contributed by atoms with Crippen molar-refractivity contribution in [1.29, 1.82) is 0 Å². The topological polar surface area (TPSA) is 90.1 Å². The molecule has 3 aromatic rings. The van der Waals surface area contributed by atoms with Gasteiger partial charge in [-0.2, -0.15) is 5.10 Å². The van der Waals surface area contributed by atoms with E-state index in [1.807, 2.05) is 48.3 Å². The number of rotatable bonds is 3. The number of aromatic nitrogens is 2. The molecule has 2 aromatic carbocycles. The predicted octanol–water partition coefficient (Wildman–Crippen LogP) is 3.11. The first kappa shape index (κ1) is 16.8. The molecule has 0 aliphatic carbocycles. The van der Waals surface area contributed by atoms with Crippen molar-refractivity contribution in [3.05, 3.63) is 60.2 Å². The molecule has 4 rings (SSSR count). The summed E-state index contributed by atoms with van der Waals surface area (Å²) in [5.74, 6) is 0.0953. The third-order valence-electron chi connectivity index (χ3n) is 4.52. The summed E-state index contributed by atoms with van der Waals surface area (Å²) in [4.78, 5) is 26.4. The summed E-state index contributed by atoms with van der Waals surface area (Å²) < 4.78 is 0. The number of H-pyrrole nitrogens is 1. The fraction of sp³-hybridized carbons (Fsp3) is 0.150. The summed E-state index contributed by atoms with van der Waals surface area (Å²) in [6.07, 6.45) is 0.419. The fourth-order valence-electron chi connectivity index (χ4n) is 3.05. The van der Waals surface area contributed by atoms with Gasteiger partial charge in [0.15, 0.2) is 5.82 Å². The fourth-order valence-corrected chi connectivity index (χ4v) is 3.05. The maximum absolute atomic E-state index is 12.6. The molecule has 136 valence electrons. The van der Waals surface area contributed by atoms with Crippen LogP contribution >= 0.6 is 0 Å². The van der Waals surface area contributed by atoms with Crippen molar-refractivity contribution in [2.75, 3.05) is 29.1 Å². The maximum atomic E-state index is 12.6. The lowest BCUT2D eigenvalue weighted by Gasteiger charge is -2.18. The van der Waals surface area contributed by atoms with Crippen molar-refractivity contribution in [2.24, 2.45) is 0 Å². The van der Waals surface area contributed by atoms with Crippen molar-refractivity contribution in [2.45, 2.75) is 6.42 Å². The number of amides is 2. The van der Waals surface area contributed by atoms with Crippen molar-refractivity contribution in [3.8, 4) is 11.3 Å². The van der Waals surface area contributed by atoms with E-state index in [0.717, 1.165) is 16.9 Å². The summed E-state index contributed by atoms with van der Waals surface area (Å²) in [5.41, 5.74) is 3.79. The monoisotopic (exact) mass is 361 g/mol. The van der Waals surface area contributed by atoms with Crippen LogP contribution in [-0.2, 0) is 4.79 Å². The zero-order valence-corrected chi connectivity index (χ0v) is 14.8. The summed E-state index contributed by atoms with van der Waals surface area (Å²) in [6.45, 7) is 0.639. The Morgan fingerprint density at radius 3 is 2.78 bits per heavy atom. The van der Waals surface area contributed by atoms with Crippen LogP contribution in [0.1, 0.15) is 16.8 Å². The molecule has 0 saturated carbocycles. The van der Waals surface area contributed by atoms with Crippen LogP contribution < -0.4 is 15.5 Å². The Balaban J connectivity index is 1.54. The minimum atomic E-state index is -0.287. The molecule has 0 radical (unpaired) electrons. The van der Waals surface area contributed by atoms with E-state index in [1.54, 1.807) is 18.2 Å².